The van der Waals surface area contributed by atoms with Crippen LogP contribution in [0.3, 0.4) is 0 Å². The number of carboxylic acids is 1. The van der Waals surface area contributed by atoms with Gasteiger partial charge in [0, 0.05) is 21.5 Å². The summed E-state index contributed by atoms with van der Waals surface area (Å²) < 4.78 is 25.3. The number of H-pyrrole nitrogens is 1. The number of rotatable bonds is 6. The molecule has 0 amide bonds. The summed E-state index contributed by atoms with van der Waals surface area (Å²) in [5.41, 5.74) is 3.16. The zero-order valence-electron chi connectivity index (χ0n) is 16.7. The number of carbonyl (C=O) groups is 1. The van der Waals surface area contributed by atoms with Gasteiger partial charge in [0.1, 0.15) is 0 Å². The van der Waals surface area contributed by atoms with Gasteiger partial charge in [0.2, 0.25) is 10.0 Å². The maximum absolute atomic E-state index is 12.6. The number of primary sulfonamides is 1. The fourth-order valence-corrected chi connectivity index (χ4v) is 4.79. The van der Waals surface area contributed by atoms with Crippen LogP contribution in [-0.4, -0.2) is 24.5 Å². The first-order valence-corrected chi connectivity index (χ1v) is 11.6. The highest BCUT2D eigenvalue weighted by molar-refractivity contribution is 7.89. The summed E-state index contributed by atoms with van der Waals surface area (Å²) in [5.74, 6) is -1.02. The number of sulfonamides is 1. The standard InChI is InChI=1S/C24H19ClN2O4S/c25-17-12-9-15(10-13-17)8-11-16-4-3-6-19(24(16)32(26,30)31)23-20(14-22(28)29)18-5-1-2-7-21(18)27-23/h1-13,27H,14H2,(H,28,29)(H2,26,30,31). The van der Waals surface area contributed by atoms with Gasteiger partial charge in [-0.3, -0.25) is 4.79 Å². The largest absolute Gasteiger partial charge is 0.481 e. The Kier molecular flexibility index (Phi) is 5.88. The van der Waals surface area contributed by atoms with E-state index in [9.17, 15) is 18.3 Å². The molecule has 0 aliphatic heterocycles. The van der Waals surface area contributed by atoms with E-state index in [1.165, 1.54) is 0 Å². The molecule has 0 atom stereocenters. The van der Waals surface area contributed by atoms with E-state index in [0.717, 1.165) is 5.56 Å². The average molecular weight is 467 g/mol. The van der Waals surface area contributed by atoms with E-state index in [-0.39, 0.29) is 11.3 Å². The van der Waals surface area contributed by atoms with Crippen LogP contribution in [0.1, 0.15) is 16.7 Å². The summed E-state index contributed by atoms with van der Waals surface area (Å²) in [5, 5.41) is 16.4. The predicted molar refractivity (Wildman–Crippen MR) is 127 cm³/mol. The molecule has 0 spiro atoms. The molecule has 0 saturated heterocycles. The molecule has 0 saturated carbocycles. The number of nitrogens with one attached hydrogen (secondary N) is 1. The molecule has 162 valence electrons. The third kappa shape index (κ3) is 4.45. The van der Waals surface area contributed by atoms with E-state index in [2.05, 4.69) is 4.98 Å². The van der Waals surface area contributed by atoms with Crippen LogP contribution in [0.25, 0.3) is 34.3 Å². The first kappa shape index (κ1) is 21.8. The van der Waals surface area contributed by atoms with E-state index in [1.54, 1.807) is 54.6 Å². The zero-order valence-corrected chi connectivity index (χ0v) is 18.3. The second kappa shape index (κ2) is 8.63. The van der Waals surface area contributed by atoms with Crippen molar-refractivity contribution >= 4 is 50.6 Å². The van der Waals surface area contributed by atoms with Crippen molar-refractivity contribution in [2.75, 3.05) is 0 Å². The lowest BCUT2D eigenvalue weighted by Crippen LogP contribution is -2.15. The lowest BCUT2D eigenvalue weighted by Gasteiger charge is -2.12. The Hall–Kier alpha value is -3.39. The zero-order chi connectivity index (χ0) is 22.9. The first-order valence-electron chi connectivity index (χ1n) is 9.65. The highest BCUT2D eigenvalue weighted by atomic mass is 35.5. The van der Waals surface area contributed by atoms with Crippen LogP contribution in [0.2, 0.25) is 5.02 Å². The highest BCUT2D eigenvalue weighted by Gasteiger charge is 2.24. The van der Waals surface area contributed by atoms with Crippen molar-refractivity contribution < 1.29 is 18.3 Å². The van der Waals surface area contributed by atoms with Gasteiger partial charge < -0.3 is 10.1 Å². The topological polar surface area (TPSA) is 113 Å². The lowest BCUT2D eigenvalue weighted by atomic mass is 10.0. The van der Waals surface area contributed by atoms with Gasteiger partial charge in [-0.15, -0.1) is 0 Å². The summed E-state index contributed by atoms with van der Waals surface area (Å²) in [6, 6.07) is 19.3. The molecule has 1 aromatic heterocycles. The molecule has 0 unspecified atom stereocenters. The van der Waals surface area contributed by atoms with Crippen LogP contribution >= 0.6 is 11.6 Å². The number of nitrogens with two attached hydrogens (primary N) is 1. The minimum Gasteiger partial charge on any atom is -0.481 e. The Labute approximate surface area is 190 Å². The molecule has 8 heteroatoms. The van der Waals surface area contributed by atoms with Crippen LogP contribution in [0.4, 0.5) is 0 Å². The molecule has 1 heterocycles. The Bertz CT molecular complexity index is 1460. The van der Waals surface area contributed by atoms with Crippen LogP contribution < -0.4 is 5.14 Å². The number of aromatic amines is 1. The van der Waals surface area contributed by atoms with Gasteiger partial charge in [-0.05, 0) is 34.9 Å². The van der Waals surface area contributed by atoms with Gasteiger partial charge in [0.25, 0.3) is 0 Å². The van der Waals surface area contributed by atoms with E-state index >= 15 is 0 Å². The highest BCUT2D eigenvalue weighted by Crippen LogP contribution is 2.36. The van der Waals surface area contributed by atoms with Gasteiger partial charge in [0.15, 0.2) is 0 Å². The summed E-state index contributed by atoms with van der Waals surface area (Å²) in [6.45, 7) is 0. The number of aromatic nitrogens is 1. The Morgan fingerprint density at radius 3 is 2.41 bits per heavy atom. The summed E-state index contributed by atoms with van der Waals surface area (Å²) in [4.78, 5) is 14.7. The summed E-state index contributed by atoms with van der Waals surface area (Å²) in [7, 11) is -4.15. The predicted octanol–water partition coefficient (Wildman–Crippen LogP) is 4.93. The molecule has 4 N–H and O–H groups in total. The number of para-hydroxylation sites is 1. The van der Waals surface area contributed by atoms with Crippen molar-refractivity contribution in [2.24, 2.45) is 5.14 Å². The van der Waals surface area contributed by atoms with E-state index in [1.807, 2.05) is 24.3 Å². The maximum Gasteiger partial charge on any atom is 0.307 e. The second-order valence-corrected chi connectivity index (χ2v) is 9.18. The number of fused-ring (bicyclic) bond motifs is 1. The third-order valence-corrected chi connectivity index (χ3v) is 6.34. The number of halogens is 1. The van der Waals surface area contributed by atoms with E-state index in [4.69, 9.17) is 16.7 Å². The summed E-state index contributed by atoms with van der Waals surface area (Å²) in [6.07, 6.45) is 3.15. The SMILES string of the molecule is NS(=O)(=O)c1c(C=Cc2ccc(Cl)cc2)cccc1-c1[nH]c2ccccc2c1CC(=O)O. The number of hydrogen-bond donors (Lipinski definition) is 3. The molecule has 6 nitrogen and oxygen atoms in total. The molecule has 0 aliphatic carbocycles. The van der Waals surface area contributed by atoms with Gasteiger partial charge in [-0.1, -0.05) is 72.3 Å². The fraction of sp³-hybridized carbons (Fsp3) is 0.0417. The smallest absolute Gasteiger partial charge is 0.307 e. The molecule has 0 radical (unpaired) electrons. The number of hydrogen-bond acceptors (Lipinski definition) is 3. The number of aliphatic carboxylic acids is 1. The van der Waals surface area contributed by atoms with E-state index < -0.39 is 16.0 Å². The number of carboxylic acid groups (broad SMARTS) is 1. The minimum atomic E-state index is -4.15. The van der Waals surface area contributed by atoms with Gasteiger partial charge in [0.05, 0.1) is 17.0 Å². The molecular weight excluding hydrogens is 448 g/mol. The van der Waals surface area contributed by atoms with Crippen molar-refractivity contribution in [3.63, 3.8) is 0 Å². The molecule has 32 heavy (non-hydrogen) atoms. The molecule has 4 rings (SSSR count). The molecular formula is C24H19ClN2O4S. The van der Waals surface area contributed by atoms with Gasteiger partial charge in [-0.25, -0.2) is 13.6 Å². The van der Waals surface area contributed by atoms with Crippen LogP contribution in [0.5, 0.6) is 0 Å². The summed E-state index contributed by atoms with van der Waals surface area (Å²) >= 11 is 5.92. The van der Waals surface area contributed by atoms with Crippen LogP contribution in [-0.2, 0) is 21.2 Å². The van der Waals surface area contributed by atoms with Crippen LogP contribution in [0.15, 0.2) is 71.6 Å². The normalized spacial score (nSPS) is 11.9. The van der Waals surface area contributed by atoms with Crippen molar-refractivity contribution in [3.05, 3.63) is 88.4 Å². The van der Waals surface area contributed by atoms with Crippen molar-refractivity contribution in [2.45, 2.75) is 11.3 Å². The molecule has 3 aromatic carbocycles. The average Bonchev–Trinajstić information content (AvgIpc) is 3.10. The monoisotopic (exact) mass is 466 g/mol. The minimum absolute atomic E-state index is 0.0802. The fourth-order valence-electron chi connectivity index (χ4n) is 3.73. The lowest BCUT2D eigenvalue weighted by molar-refractivity contribution is -0.136. The van der Waals surface area contributed by atoms with Crippen molar-refractivity contribution in [1.82, 2.24) is 4.98 Å². The Morgan fingerprint density at radius 2 is 1.72 bits per heavy atom. The van der Waals surface area contributed by atoms with Crippen LogP contribution in [0, 0.1) is 0 Å². The quantitative estimate of drug-likeness (QED) is 0.349. The maximum atomic E-state index is 12.6. The molecule has 0 fully saturated rings. The Balaban J connectivity index is 1.94. The molecule has 0 bridgehead atoms. The third-order valence-electron chi connectivity index (χ3n) is 5.07. The van der Waals surface area contributed by atoms with Gasteiger partial charge in [-0.2, -0.15) is 0 Å². The Morgan fingerprint density at radius 1 is 1.00 bits per heavy atom. The first-order chi connectivity index (χ1) is 15.2. The molecule has 4 aromatic rings. The molecule has 0 aliphatic rings. The van der Waals surface area contributed by atoms with Gasteiger partial charge >= 0.3 is 5.97 Å². The van der Waals surface area contributed by atoms with E-state index in [0.29, 0.717) is 38.3 Å². The number of benzene rings is 3. The van der Waals surface area contributed by atoms with Crippen molar-refractivity contribution in [1.29, 1.82) is 0 Å². The second-order valence-electron chi connectivity index (χ2n) is 7.25. The van der Waals surface area contributed by atoms with Crippen molar-refractivity contribution in [3.8, 4) is 11.3 Å².